The van der Waals surface area contributed by atoms with E-state index in [4.69, 9.17) is 28.6 Å². The second-order valence-corrected chi connectivity index (χ2v) is 5.75. The highest BCUT2D eigenvalue weighted by atomic mass is 35.5. The summed E-state index contributed by atoms with van der Waals surface area (Å²) in [5.74, 6) is 0.279. The number of hydrogen-bond donors (Lipinski definition) is 2. The van der Waals surface area contributed by atoms with Crippen molar-refractivity contribution < 1.29 is 9.13 Å². The molecule has 0 aliphatic heterocycles. The molecule has 1 heterocycles. The number of aromatic nitrogens is 2. The van der Waals surface area contributed by atoms with E-state index in [9.17, 15) is 4.39 Å². The number of rotatable bonds is 6. The van der Waals surface area contributed by atoms with Crippen molar-refractivity contribution in [1.82, 2.24) is 15.1 Å². The van der Waals surface area contributed by atoms with E-state index in [0.29, 0.717) is 35.6 Å². The average Bonchev–Trinajstić information content (AvgIpc) is 2.82. The Balaban J connectivity index is 2.01. The summed E-state index contributed by atoms with van der Waals surface area (Å²) in [4.78, 5) is 0. The van der Waals surface area contributed by atoms with Crippen LogP contribution >= 0.6 is 23.8 Å². The van der Waals surface area contributed by atoms with Gasteiger partial charge in [-0.3, -0.25) is 4.68 Å². The second kappa shape index (κ2) is 8.24. The van der Waals surface area contributed by atoms with E-state index in [1.807, 2.05) is 13.0 Å². The molecule has 0 bridgehead atoms. The van der Waals surface area contributed by atoms with Gasteiger partial charge in [0, 0.05) is 30.4 Å². The number of halogens is 2. The molecule has 1 aromatic carbocycles. The minimum atomic E-state index is -0.356. The number of hydrogen-bond acceptors (Lipinski definition) is 3. The largest absolute Gasteiger partial charge is 0.383 e. The Hall–Kier alpha value is -1.70. The fraction of sp³-hybridized carbons (Fsp3) is 0.333. The van der Waals surface area contributed by atoms with Crippen LogP contribution in [0.1, 0.15) is 11.3 Å². The van der Waals surface area contributed by atoms with E-state index in [2.05, 4.69) is 15.7 Å². The highest BCUT2D eigenvalue weighted by Gasteiger charge is 2.09. The molecule has 0 radical (unpaired) electrons. The number of nitrogens with zero attached hydrogens (tertiary/aromatic N) is 2. The first-order valence-corrected chi connectivity index (χ1v) is 7.80. The van der Waals surface area contributed by atoms with Crippen LogP contribution < -0.4 is 10.6 Å². The molecule has 0 saturated heterocycles. The minimum Gasteiger partial charge on any atom is -0.383 e. The smallest absolute Gasteiger partial charge is 0.172 e. The van der Waals surface area contributed by atoms with Gasteiger partial charge in [-0.15, -0.1) is 0 Å². The average molecular weight is 357 g/mol. The number of benzene rings is 1. The van der Waals surface area contributed by atoms with Gasteiger partial charge in [-0.05, 0) is 36.8 Å². The van der Waals surface area contributed by atoms with Crippen molar-refractivity contribution in [3.63, 3.8) is 0 Å². The molecule has 0 aliphatic carbocycles. The Kier molecular flexibility index (Phi) is 6.32. The molecule has 1 aromatic heterocycles. The Morgan fingerprint density at radius 1 is 1.43 bits per heavy atom. The zero-order valence-corrected chi connectivity index (χ0v) is 14.5. The lowest BCUT2D eigenvalue weighted by molar-refractivity contribution is 0.204. The van der Waals surface area contributed by atoms with E-state index in [-0.39, 0.29) is 5.82 Å². The fourth-order valence-corrected chi connectivity index (χ4v) is 2.40. The molecule has 8 heteroatoms. The first kappa shape index (κ1) is 17.7. The maximum absolute atomic E-state index is 13.1. The lowest BCUT2D eigenvalue weighted by Crippen LogP contribution is -2.31. The summed E-state index contributed by atoms with van der Waals surface area (Å²) >= 11 is 11.2. The zero-order chi connectivity index (χ0) is 16.8. The Labute approximate surface area is 144 Å². The van der Waals surface area contributed by atoms with Crippen LogP contribution in [0.25, 0.3) is 0 Å². The van der Waals surface area contributed by atoms with Crippen molar-refractivity contribution in [2.24, 2.45) is 0 Å². The van der Waals surface area contributed by atoms with Crippen LogP contribution in [-0.4, -0.2) is 35.2 Å². The molecule has 0 amide bonds. The molecule has 0 atom stereocenters. The number of methoxy groups -OCH3 is 1. The first-order chi connectivity index (χ1) is 11.0. The van der Waals surface area contributed by atoms with Gasteiger partial charge in [-0.1, -0.05) is 17.7 Å². The van der Waals surface area contributed by atoms with Crippen LogP contribution in [0.15, 0.2) is 24.3 Å². The van der Waals surface area contributed by atoms with Crippen molar-refractivity contribution in [3.8, 4) is 0 Å². The fourth-order valence-electron chi connectivity index (χ4n) is 1.97. The summed E-state index contributed by atoms with van der Waals surface area (Å²) in [6.45, 7) is 3.57. The molecule has 0 unspecified atom stereocenters. The number of nitrogens with one attached hydrogen (secondary N) is 2. The highest BCUT2D eigenvalue weighted by molar-refractivity contribution is 7.80. The van der Waals surface area contributed by atoms with Crippen LogP contribution in [0.2, 0.25) is 5.02 Å². The van der Waals surface area contributed by atoms with E-state index in [1.54, 1.807) is 17.9 Å². The highest BCUT2D eigenvalue weighted by Crippen LogP contribution is 2.19. The molecular weight excluding hydrogens is 339 g/mol. The normalized spacial score (nSPS) is 10.6. The third-order valence-electron chi connectivity index (χ3n) is 3.15. The van der Waals surface area contributed by atoms with Gasteiger partial charge in [0.15, 0.2) is 10.9 Å². The lowest BCUT2D eigenvalue weighted by atomic mass is 10.2. The van der Waals surface area contributed by atoms with Crippen LogP contribution in [-0.2, 0) is 11.3 Å². The Morgan fingerprint density at radius 2 is 2.22 bits per heavy atom. The predicted molar refractivity (Wildman–Crippen MR) is 93.6 cm³/mol. The zero-order valence-electron chi connectivity index (χ0n) is 12.9. The van der Waals surface area contributed by atoms with Gasteiger partial charge < -0.3 is 15.4 Å². The summed E-state index contributed by atoms with van der Waals surface area (Å²) in [5.41, 5.74) is 1.74. The quantitative estimate of drug-likeness (QED) is 0.615. The van der Waals surface area contributed by atoms with Crippen LogP contribution in [0.4, 0.5) is 10.2 Å². The SMILES string of the molecule is COCCNC(=S)Nc1cc(C)n(Cc2ccc(F)cc2Cl)n1. The molecule has 23 heavy (non-hydrogen) atoms. The van der Waals surface area contributed by atoms with E-state index in [0.717, 1.165) is 11.3 Å². The van der Waals surface area contributed by atoms with Crippen molar-refractivity contribution in [2.45, 2.75) is 13.5 Å². The van der Waals surface area contributed by atoms with E-state index in [1.165, 1.54) is 12.1 Å². The van der Waals surface area contributed by atoms with E-state index < -0.39 is 0 Å². The topological polar surface area (TPSA) is 51.1 Å². The van der Waals surface area contributed by atoms with Crippen LogP contribution in [0, 0.1) is 12.7 Å². The molecule has 2 aromatic rings. The number of ether oxygens (including phenoxy) is 1. The van der Waals surface area contributed by atoms with Gasteiger partial charge in [-0.2, -0.15) is 5.10 Å². The molecule has 2 rings (SSSR count). The molecular formula is C15H18ClFN4OS. The molecule has 0 spiro atoms. The summed E-state index contributed by atoms with van der Waals surface area (Å²) < 4.78 is 19.8. The van der Waals surface area contributed by atoms with Crippen LogP contribution in [0.5, 0.6) is 0 Å². The second-order valence-electron chi connectivity index (χ2n) is 4.94. The van der Waals surface area contributed by atoms with Gasteiger partial charge in [0.2, 0.25) is 0 Å². The monoisotopic (exact) mass is 356 g/mol. The summed E-state index contributed by atoms with van der Waals surface area (Å²) in [6.07, 6.45) is 0. The predicted octanol–water partition coefficient (Wildman–Crippen LogP) is 2.97. The number of thiocarbonyl (C=S) groups is 1. The van der Waals surface area contributed by atoms with Gasteiger partial charge in [0.1, 0.15) is 5.82 Å². The maximum Gasteiger partial charge on any atom is 0.172 e. The molecule has 0 fully saturated rings. The maximum atomic E-state index is 13.1. The number of anilines is 1. The van der Waals surface area contributed by atoms with E-state index >= 15 is 0 Å². The molecule has 2 N–H and O–H groups in total. The molecule has 0 aliphatic rings. The van der Waals surface area contributed by atoms with Crippen molar-refractivity contribution >= 4 is 34.7 Å². The summed E-state index contributed by atoms with van der Waals surface area (Å²) in [7, 11) is 1.63. The van der Waals surface area contributed by atoms with Crippen LogP contribution in [0.3, 0.4) is 0 Å². The first-order valence-electron chi connectivity index (χ1n) is 7.01. The van der Waals surface area contributed by atoms with Crippen molar-refractivity contribution in [2.75, 3.05) is 25.6 Å². The van der Waals surface area contributed by atoms with Gasteiger partial charge in [-0.25, -0.2) is 4.39 Å². The van der Waals surface area contributed by atoms with Gasteiger partial charge in [0.05, 0.1) is 13.2 Å². The molecule has 0 saturated carbocycles. The van der Waals surface area contributed by atoms with Gasteiger partial charge in [0.25, 0.3) is 0 Å². The standard InChI is InChI=1S/C15H18ClFN4OS/c1-10-7-14(19-15(23)18-5-6-22-2)20-21(10)9-11-3-4-12(17)8-13(11)16/h3-4,7-8H,5-6,9H2,1-2H3,(H2,18,19,20,23). The Morgan fingerprint density at radius 3 is 2.91 bits per heavy atom. The number of aryl methyl sites for hydroxylation is 1. The van der Waals surface area contributed by atoms with Crippen molar-refractivity contribution in [3.05, 3.63) is 46.4 Å². The third-order valence-corrected chi connectivity index (χ3v) is 3.75. The lowest BCUT2D eigenvalue weighted by Gasteiger charge is -2.08. The molecule has 5 nitrogen and oxygen atoms in total. The summed E-state index contributed by atoms with van der Waals surface area (Å²) in [5, 5.41) is 11.3. The summed E-state index contributed by atoms with van der Waals surface area (Å²) in [6, 6.07) is 6.21. The van der Waals surface area contributed by atoms with Crippen molar-refractivity contribution in [1.29, 1.82) is 0 Å². The Bertz CT molecular complexity index is 692. The third kappa shape index (κ3) is 5.16. The molecule has 124 valence electrons. The van der Waals surface area contributed by atoms with Gasteiger partial charge >= 0.3 is 0 Å². The minimum absolute atomic E-state index is 0.356.